The van der Waals surface area contributed by atoms with Crippen LogP contribution in [-0.2, 0) is 9.59 Å². The average Bonchev–Trinajstić information content (AvgIpc) is 2.27. The number of hydrogen-bond donors (Lipinski definition) is 1. The van der Waals surface area contributed by atoms with Crippen molar-refractivity contribution in [2.75, 3.05) is 6.54 Å². The molecule has 0 aromatic carbocycles. The molecule has 1 aliphatic carbocycles. The minimum Gasteiger partial charge on any atom is -0.349 e. The van der Waals surface area contributed by atoms with E-state index < -0.39 is 5.91 Å². The lowest BCUT2D eigenvalue weighted by molar-refractivity contribution is -0.131. The first-order valence-electron chi connectivity index (χ1n) is 5.79. The van der Waals surface area contributed by atoms with Crippen molar-refractivity contribution in [2.24, 2.45) is 11.3 Å². The summed E-state index contributed by atoms with van der Waals surface area (Å²) in [5.41, 5.74) is 0.110. The summed E-state index contributed by atoms with van der Waals surface area (Å²) in [6.45, 7) is 4.96. The molecule has 1 aliphatic rings. The van der Waals surface area contributed by atoms with Crippen LogP contribution < -0.4 is 5.32 Å². The Hall–Kier alpha value is -0.860. The molecule has 0 unspecified atom stereocenters. The zero-order valence-electron chi connectivity index (χ0n) is 9.71. The van der Waals surface area contributed by atoms with Crippen LogP contribution in [0.2, 0.25) is 0 Å². The number of hydrogen-bond acceptors (Lipinski definition) is 2. The van der Waals surface area contributed by atoms with Gasteiger partial charge in [0.05, 0.1) is 0 Å². The van der Waals surface area contributed by atoms with Crippen LogP contribution in [0.3, 0.4) is 0 Å². The van der Waals surface area contributed by atoms with E-state index in [0.29, 0.717) is 18.7 Å². The van der Waals surface area contributed by atoms with Crippen molar-refractivity contribution in [3.8, 4) is 0 Å². The molecule has 1 saturated carbocycles. The lowest BCUT2D eigenvalue weighted by atomic mass is 9.71. The smallest absolute Gasteiger partial charge is 0.284 e. The Bertz CT molecular complexity index is 230. The Balaban J connectivity index is 2.41. The quantitative estimate of drug-likeness (QED) is 0.570. The van der Waals surface area contributed by atoms with E-state index in [1.54, 1.807) is 0 Å². The monoisotopic (exact) mass is 211 g/mol. The summed E-state index contributed by atoms with van der Waals surface area (Å²) in [4.78, 5) is 21.0. The molecule has 0 aliphatic heterocycles. The molecule has 0 atom stereocenters. The lowest BCUT2D eigenvalue weighted by Gasteiger charge is -2.37. The van der Waals surface area contributed by atoms with Gasteiger partial charge in [-0.15, -0.1) is 0 Å². The number of carbonyl (C=O) groups excluding carboxylic acids is 2. The predicted molar refractivity (Wildman–Crippen MR) is 59.4 cm³/mol. The highest BCUT2D eigenvalue weighted by molar-refractivity contribution is 6.23. The van der Waals surface area contributed by atoms with Crippen molar-refractivity contribution in [3.05, 3.63) is 0 Å². The first kappa shape index (κ1) is 12.2. The normalized spacial score (nSPS) is 18.5. The van der Waals surface area contributed by atoms with Gasteiger partial charge in [0, 0.05) is 6.54 Å². The van der Waals surface area contributed by atoms with Gasteiger partial charge in [-0.3, -0.25) is 9.59 Å². The Morgan fingerprint density at radius 3 is 2.47 bits per heavy atom. The third kappa shape index (κ3) is 3.65. The maximum atomic E-state index is 10.9. The molecule has 15 heavy (non-hydrogen) atoms. The van der Waals surface area contributed by atoms with Gasteiger partial charge in [0.15, 0.2) is 0 Å². The number of nitrogens with one attached hydrogen (secondary N) is 1. The topological polar surface area (TPSA) is 46.2 Å². The molecule has 0 spiro atoms. The van der Waals surface area contributed by atoms with Gasteiger partial charge in [0.25, 0.3) is 5.91 Å². The van der Waals surface area contributed by atoms with Crippen molar-refractivity contribution in [2.45, 2.75) is 46.0 Å². The van der Waals surface area contributed by atoms with Crippen molar-refractivity contribution >= 4 is 12.2 Å². The summed E-state index contributed by atoms with van der Waals surface area (Å²) < 4.78 is 0. The van der Waals surface area contributed by atoms with Gasteiger partial charge >= 0.3 is 0 Å². The van der Waals surface area contributed by atoms with Crippen molar-refractivity contribution in [1.82, 2.24) is 5.32 Å². The number of aldehydes is 1. The molecule has 0 saturated heterocycles. The Labute approximate surface area is 91.6 Å². The van der Waals surface area contributed by atoms with Crippen LogP contribution in [0.4, 0.5) is 0 Å². The zero-order valence-corrected chi connectivity index (χ0v) is 9.71. The van der Waals surface area contributed by atoms with E-state index in [2.05, 4.69) is 19.2 Å². The molecule has 1 N–H and O–H groups in total. The van der Waals surface area contributed by atoms with Gasteiger partial charge in [0.1, 0.15) is 0 Å². The van der Waals surface area contributed by atoms with E-state index in [9.17, 15) is 9.59 Å². The van der Waals surface area contributed by atoms with Crippen LogP contribution in [0.15, 0.2) is 0 Å². The molecule has 1 rings (SSSR count). The van der Waals surface area contributed by atoms with E-state index in [4.69, 9.17) is 0 Å². The second-order valence-corrected chi connectivity index (χ2v) is 5.16. The zero-order chi connectivity index (χ0) is 11.3. The second kappa shape index (κ2) is 5.29. The maximum absolute atomic E-state index is 10.9. The number of carbonyl (C=O) groups is 2. The van der Waals surface area contributed by atoms with Crippen LogP contribution in [0.1, 0.15) is 46.0 Å². The summed E-state index contributed by atoms with van der Waals surface area (Å²) in [7, 11) is 0. The maximum Gasteiger partial charge on any atom is 0.284 e. The first-order valence-corrected chi connectivity index (χ1v) is 5.79. The fourth-order valence-electron chi connectivity index (χ4n) is 2.38. The highest BCUT2D eigenvalue weighted by atomic mass is 16.2. The Morgan fingerprint density at radius 2 is 1.93 bits per heavy atom. The summed E-state index contributed by atoms with van der Waals surface area (Å²) in [5, 5.41) is 2.66. The molecule has 0 bridgehead atoms. The fourth-order valence-corrected chi connectivity index (χ4v) is 2.38. The number of amides is 1. The van der Waals surface area contributed by atoms with Crippen LogP contribution >= 0.6 is 0 Å². The summed E-state index contributed by atoms with van der Waals surface area (Å²) in [6, 6.07) is 0. The van der Waals surface area contributed by atoms with E-state index in [-0.39, 0.29) is 5.41 Å². The Kier molecular flexibility index (Phi) is 4.30. The predicted octanol–water partition coefficient (Wildman–Crippen LogP) is 1.91. The largest absolute Gasteiger partial charge is 0.349 e. The van der Waals surface area contributed by atoms with Gasteiger partial charge in [-0.1, -0.05) is 33.1 Å². The third-order valence-corrected chi connectivity index (χ3v) is 3.54. The van der Waals surface area contributed by atoms with Crippen molar-refractivity contribution < 1.29 is 9.59 Å². The highest BCUT2D eigenvalue weighted by Gasteiger charge is 2.30. The summed E-state index contributed by atoms with van der Waals surface area (Å²) >= 11 is 0. The molecule has 0 radical (unpaired) electrons. The molecule has 1 amide bonds. The third-order valence-electron chi connectivity index (χ3n) is 3.54. The molecule has 3 nitrogen and oxygen atoms in total. The van der Waals surface area contributed by atoms with Crippen LogP contribution in [0, 0.1) is 11.3 Å². The lowest BCUT2D eigenvalue weighted by Crippen LogP contribution is -2.39. The SMILES string of the molecule is CC(C)(CNC(=O)C=O)C1CCCCC1. The van der Waals surface area contributed by atoms with E-state index in [1.165, 1.54) is 32.1 Å². The van der Waals surface area contributed by atoms with Crippen LogP contribution in [-0.4, -0.2) is 18.7 Å². The molecule has 1 fully saturated rings. The molecular formula is C12H21NO2. The molecule has 3 heteroatoms. The van der Waals surface area contributed by atoms with Gasteiger partial charge in [-0.05, 0) is 24.2 Å². The highest BCUT2D eigenvalue weighted by Crippen LogP contribution is 2.37. The van der Waals surface area contributed by atoms with Crippen LogP contribution in [0.5, 0.6) is 0 Å². The van der Waals surface area contributed by atoms with Gasteiger partial charge in [-0.25, -0.2) is 0 Å². The first-order chi connectivity index (χ1) is 7.06. The second-order valence-electron chi connectivity index (χ2n) is 5.16. The van der Waals surface area contributed by atoms with Crippen molar-refractivity contribution in [3.63, 3.8) is 0 Å². The van der Waals surface area contributed by atoms with Gasteiger partial charge < -0.3 is 5.32 Å². The summed E-state index contributed by atoms with van der Waals surface area (Å²) in [5.74, 6) is 0.178. The van der Waals surface area contributed by atoms with Gasteiger partial charge in [0.2, 0.25) is 6.29 Å². The van der Waals surface area contributed by atoms with Crippen LogP contribution in [0.25, 0.3) is 0 Å². The number of rotatable bonds is 4. The van der Waals surface area contributed by atoms with E-state index in [0.717, 1.165) is 0 Å². The van der Waals surface area contributed by atoms with E-state index in [1.807, 2.05) is 0 Å². The van der Waals surface area contributed by atoms with Gasteiger partial charge in [-0.2, -0.15) is 0 Å². The fraction of sp³-hybridized carbons (Fsp3) is 0.833. The average molecular weight is 211 g/mol. The van der Waals surface area contributed by atoms with E-state index >= 15 is 0 Å². The summed E-state index contributed by atoms with van der Waals surface area (Å²) in [6.07, 6.45) is 6.80. The molecule has 0 aromatic heterocycles. The van der Waals surface area contributed by atoms with Crippen molar-refractivity contribution in [1.29, 1.82) is 0 Å². The minimum absolute atomic E-state index is 0.110. The minimum atomic E-state index is -0.501. The molecule has 0 aromatic rings. The molecular weight excluding hydrogens is 190 g/mol. The molecule has 86 valence electrons. The molecule has 0 heterocycles. The Morgan fingerprint density at radius 1 is 1.33 bits per heavy atom. The standard InChI is InChI=1S/C12H21NO2/c1-12(2,9-13-11(15)8-14)10-6-4-3-5-7-10/h8,10H,3-7,9H2,1-2H3,(H,13,15).